The van der Waals surface area contributed by atoms with Crippen LogP contribution < -0.4 is 10.2 Å². The van der Waals surface area contributed by atoms with Gasteiger partial charge in [-0.2, -0.15) is 5.10 Å². The molecule has 6 heteroatoms. The van der Waals surface area contributed by atoms with Crippen LogP contribution in [0.2, 0.25) is 0 Å². The molecular formula is C20H26N4O2. The van der Waals surface area contributed by atoms with E-state index in [0.29, 0.717) is 6.54 Å². The Balaban J connectivity index is 1.61. The molecule has 1 aliphatic rings. The number of rotatable bonds is 5. The Bertz CT molecular complexity index is 825. The second-order valence-corrected chi connectivity index (χ2v) is 6.78. The van der Waals surface area contributed by atoms with Crippen molar-refractivity contribution in [3.8, 4) is 0 Å². The van der Waals surface area contributed by atoms with E-state index in [0.717, 1.165) is 47.7 Å². The SMILES string of the molecule is CCc1cccc(C)c1NC(=O)CCC(=O)N1CCCn2nc(C)cc21. The van der Waals surface area contributed by atoms with Crippen LogP contribution in [0, 0.1) is 13.8 Å². The van der Waals surface area contributed by atoms with Crippen LogP contribution in [0.5, 0.6) is 0 Å². The van der Waals surface area contributed by atoms with E-state index in [1.807, 2.05) is 42.8 Å². The van der Waals surface area contributed by atoms with Crippen molar-refractivity contribution >= 4 is 23.3 Å². The monoisotopic (exact) mass is 354 g/mol. The molecule has 0 saturated carbocycles. The lowest BCUT2D eigenvalue weighted by Gasteiger charge is -2.27. The standard InChI is InChI=1S/C20H26N4O2/c1-4-16-8-5-7-14(2)20(16)21-17(25)9-10-19(26)23-11-6-12-24-18(23)13-15(3)22-24/h5,7-8,13H,4,6,9-12H2,1-3H3,(H,21,25). The minimum Gasteiger partial charge on any atom is -0.326 e. The summed E-state index contributed by atoms with van der Waals surface area (Å²) in [5, 5.41) is 7.39. The summed E-state index contributed by atoms with van der Waals surface area (Å²) in [5.41, 5.74) is 3.93. The number of hydrogen-bond acceptors (Lipinski definition) is 3. The molecule has 0 unspecified atom stereocenters. The number of fused-ring (bicyclic) bond motifs is 1. The molecule has 3 rings (SSSR count). The van der Waals surface area contributed by atoms with Gasteiger partial charge in [-0.05, 0) is 37.8 Å². The summed E-state index contributed by atoms with van der Waals surface area (Å²) in [7, 11) is 0. The molecule has 1 N–H and O–H groups in total. The molecule has 2 aromatic rings. The summed E-state index contributed by atoms with van der Waals surface area (Å²) in [6.07, 6.45) is 2.12. The van der Waals surface area contributed by atoms with Gasteiger partial charge >= 0.3 is 0 Å². The van der Waals surface area contributed by atoms with Gasteiger partial charge in [-0.15, -0.1) is 0 Å². The van der Waals surface area contributed by atoms with Crippen molar-refractivity contribution in [1.82, 2.24) is 9.78 Å². The van der Waals surface area contributed by atoms with Crippen LogP contribution in [0.25, 0.3) is 0 Å². The van der Waals surface area contributed by atoms with Crippen LogP contribution in [-0.4, -0.2) is 28.1 Å². The van der Waals surface area contributed by atoms with Gasteiger partial charge in [0, 0.05) is 37.7 Å². The number of carbonyl (C=O) groups excluding carboxylic acids is 2. The fourth-order valence-electron chi connectivity index (χ4n) is 3.42. The molecular weight excluding hydrogens is 328 g/mol. The van der Waals surface area contributed by atoms with Crippen molar-refractivity contribution in [3.05, 3.63) is 41.1 Å². The van der Waals surface area contributed by atoms with Gasteiger partial charge in [0.05, 0.1) is 5.69 Å². The first-order valence-electron chi connectivity index (χ1n) is 9.22. The van der Waals surface area contributed by atoms with Crippen LogP contribution in [0.3, 0.4) is 0 Å². The number of benzene rings is 1. The van der Waals surface area contributed by atoms with Gasteiger partial charge in [0.1, 0.15) is 5.82 Å². The third-order valence-electron chi connectivity index (χ3n) is 4.78. The van der Waals surface area contributed by atoms with E-state index in [1.165, 1.54) is 0 Å². The van der Waals surface area contributed by atoms with Crippen molar-refractivity contribution in [2.45, 2.75) is 53.0 Å². The number of aromatic nitrogens is 2. The van der Waals surface area contributed by atoms with Crippen molar-refractivity contribution in [3.63, 3.8) is 0 Å². The first-order chi connectivity index (χ1) is 12.5. The zero-order chi connectivity index (χ0) is 18.7. The van der Waals surface area contributed by atoms with Crippen molar-refractivity contribution in [1.29, 1.82) is 0 Å². The van der Waals surface area contributed by atoms with Crippen LogP contribution >= 0.6 is 0 Å². The molecule has 1 aromatic heterocycles. The number of nitrogens with one attached hydrogen (secondary N) is 1. The lowest BCUT2D eigenvalue weighted by Crippen LogP contribution is -2.37. The molecule has 0 bridgehead atoms. The van der Waals surface area contributed by atoms with E-state index >= 15 is 0 Å². The van der Waals surface area contributed by atoms with Crippen molar-refractivity contribution in [2.75, 3.05) is 16.8 Å². The predicted molar refractivity (Wildman–Crippen MR) is 102 cm³/mol. The summed E-state index contributed by atoms with van der Waals surface area (Å²) < 4.78 is 1.87. The van der Waals surface area contributed by atoms with E-state index in [2.05, 4.69) is 17.3 Å². The van der Waals surface area contributed by atoms with Crippen molar-refractivity contribution < 1.29 is 9.59 Å². The molecule has 1 aromatic carbocycles. The zero-order valence-electron chi connectivity index (χ0n) is 15.7. The zero-order valence-corrected chi connectivity index (χ0v) is 15.7. The van der Waals surface area contributed by atoms with E-state index < -0.39 is 0 Å². The second-order valence-electron chi connectivity index (χ2n) is 6.78. The number of aryl methyl sites for hydroxylation is 4. The Hall–Kier alpha value is -2.63. The Labute approximate surface area is 154 Å². The number of hydrogen-bond donors (Lipinski definition) is 1. The topological polar surface area (TPSA) is 67.2 Å². The Morgan fingerprint density at radius 2 is 2.00 bits per heavy atom. The van der Waals surface area contributed by atoms with Gasteiger partial charge in [0.15, 0.2) is 0 Å². The normalized spacial score (nSPS) is 13.4. The lowest BCUT2D eigenvalue weighted by molar-refractivity contribution is -0.122. The quantitative estimate of drug-likeness (QED) is 0.896. The Kier molecular flexibility index (Phi) is 5.40. The highest BCUT2D eigenvalue weighted by molar-refractivity contribution is 5.98. The second kappa shape index (κ2) is 7.72. The molecule has 26 heavy (non-hydrogen) atoms. The average molecular weight is 354 g/mol. The first kappa shape index (κ1) is 18.2. The van der Waals surface area contributed by atoms with Crippen molar-refractivity contribution in [2.24, 2.45) is 0 Å². The molecule has 0 radical (unpaired) electrons. The van der Waals surface area contributed by atoms with Gasteiger partial charge in [-0.3, -0.25) is 14.5 Å². The molecule has 2 heterocycles. The fraction of sp³-hybridized carbons (Fsp3) is 0.450. The highest BCUT2D eigenvalue weighted by Crippen LogP contribution is 2.24. The molecule has 0 aliphatic carbocycles. The minimum absolute atomic E-state index is 0.0264. The Morgan fingerprint density at radius 3 is 2.77 bits per heavy atom. The number of anilines is 2. The smallest absolute Gasteiger partial charge is 0.228 e. The van der Waals surface area contributed by atoms with Gasteiger partial charge in [-0.25, -0.2) is 4.68 Å². The van der Waals surface area contributed by atoms with Gasteiger partial charge < -0.3 is 5.32 Å². The average Bonchev–Trinajstić information content (AvgIpc) is 3.01. The summed E-state index contributed by atoms with van der Waals surface area (Å²) in [6, 6.07) is 7.93. The maximum atomic E-state index is 12.6. The minimum atomic E-state index is -0.121. The number of carbonyl (C=O) groups is 2. The summed E-state index contributed by atoms with van der Waals surface area (Å²) >= 11 is 0. The first-order valence-corrected chi connectivity index (χ1v) is 9.22. The van der Waals surface area contributed by atoms with E-state index in [4.69, 9.17) is 0 Å². The van der Waals surface area contributed by atoms with Crippen LogP contribution in [0.4, 0.5) is 11.5 Å². The van der Waals surface area contributed by atoms with Crippen LogP contribution in [0.15, 0.2) is 24.3 Å². The molecule has 0 spiro atoms. The molecule has 1 aliphatic heterocycles. The number of para-hydroxylation sites is 1. The number of amides is 2. The maximum absolute atomic E-state index is 12.6. The molecule has 0 fully saturated rings. The Morgan fingerprint density at radius 1 is 1.19 bits per heavy atom. The third-order valence-corrected chi connectivity index (χ3v) is 4.78. The molecule has 138 valence electrons. The predicted octanol–water partition coefficient (Wildman–Crippen LogP) is 3.22. The molecule has 6 nitrogen and oxygen atoms in total. The third kappa shape index (κ3) is 3.79. The fourth-order valence-corrected chi connectivity index (χ4v) is 3.42. The largest absolute Gasteiger partial charge is 0.326 e. The maximum Gasteiger partial charge on any atom is 0.228 e. The summed E-state index contributed by atoms with van der Waals surface area (Å²) in [5.74, 6) is 0.692. The lowest BCUT2D eigenvalue weighted by atomic mass is 10.1. The number of nitrogens with zero attached hydrogens (tertiary/aromatic N) is 3. The van der Waals surface area contributed by atoms with E-state index in [-0.39, 0.29) is 24.7 Å². The summed E-state index contributed by atoms with van der Waals surface area (Å²) in [4.78, 5) is 26.7. The van der Waals surface area contributed by atoms with Crippen LogP contribution in [-0.2, 0) is 22.6 Å². The summed E-state index contributed by atoms with van der Waals surface area (Å²) in [6.45, 7) is 7.49. The van der Waals surface area contributed by atoms with Crippen LogP contribution in [0.1, 0.15) is 43.0 Å². The van der Waals surface area contributed by atoms with E-state index in [1.54, 1.807) is 4.90 Å². The van der Waals surface area contributed by atoms with Gasteiger partial charge in [0.2, 0.25) is 11.8 Å². The molecule has 0 saturated heterocycles. The molecule has 2 amide bonds. The van der Waals surface area contributed by atoms with Gasteiger partial charge in [-0.1, -0.05) is 25.1 Å². The molecule has 0 atom stereocenters. The highest BCUT2D eigenvalue weighted by Gasteiger charge is 2.24. The van der Waals surface area contributed by atoms with E-state index in [9.17, 15) is 9.59 Å². The van der Waals surface area contributed by atoms with Gasteiger partial charge in [0.25, 0.3) is 0 Å². The highest BCUT2D eigenvalue weighted by atomic mass is 16.2.